The van der Waals surface area contributed by atoms with E-state index in [2.05, 4.69) is 271 Å². The first-order valence-corrected chi connectivity index (χ1v) is 24.5. The standard InChI is InChI=1S/C68H44N2O2/c1-3-17-45(18-4-1)47-35-38-53(39-36-47)69(62-29-16-32-65-68(62)58-43-48-21-7-8-22-49(48)44-66(58)72-65)59-26-12-9-23-55(59)56-24-10-13-27-60(56)70(61-28-15-31-64-67(61)57-25-11-14-30-63(57)71-64)54-40-37-51-41-50(33-34-52(51)42-54)46-19-5-2-6-20-46/h1-44H. The molecule has 0 saturated heterocycles. The Morgan fingerprint density at radius 1 is 0.236 bits per heavy atom. The van der Waals surface area contributed by atoms with Crippen LogP contribution in [-0.4, -0.2) is 0 Å². The van der Waals surface area contributed by atoms with Crippen LogP contribution in [0.5, 0.6) is 0 Å². The molecule has 0 unspecified atom stereocenters. The maximum absolute atomic E-state index is 6.74. The molecule has 0 amide bonds. The van der Waals surface area contributed by atoms with Crippen LogP contribution in [0, 0.1) is 0 Å². The molecule has 0 bridgehead atoms. The molecular formula is C68H44N2O2. The van der Waals surface area contributed by atoms with Gasteiger partial charge in [-0.15, -0.1) is 0 Å². The van der Waals surface area contributed by atoms with Crippen molar-refractivity contribution in [2.24, 2.45) is 0 Å². The van der Waals surface area contributed by atoms with Crippen molar-refractivity contribution in [2.75, 3.05) is 9.80 Å². The fourth-order valence-electron chi connectivity index (χ4n) is 10.8. The van der Waals surface area contributed by atoms with Crippen LogP contribution >= 0.6 is 0 Å². The van der Waals surface area contributed by atoms with E-state index < -0.39 is 0 Å². The van der Waals surface area contributed by atoms with E-state index in [0.717, 1.165) is 105 Å². The zero-order valence-corrected chi connectivity index (χ0v) is 39.1. The van der Waals surface area contributed by atoms with Gasteiger partial charge in [0.15, 0.2) is 0 Å². The summed E-state index contributed by atoms with van der Waals surface area (Å²) in [6.07, 6.45) is 0. The third kappa shape index (κ3) is 7.00. The summed E-state index contributed by atoms with van der Waals surface area (Å²) < 4.78 is 13.3. The highest BCUT2D eigenvalue weighted by molar-refractivity contribution is 6.18. The van der Waals surface area contributed by atoms with Gasteiger partial charge in [0.1, 0.15) is 22.3 Å². The van der Waals surface area contributed by atoms with Gasteiger partial charge in [0.05, 0.1) is 33.5 Å². The summed E-state index contributed by atoms with van der Waals surface area (Å²) in [5.74, 6) is 0. The van der Waals surface area contributed by atoms with Crippen LogP contribution in [0.3, 0.4) is 0 Å². The largest absolute Gasteiger partial charge is 0.456 e. The third-order valence-electron chi connectivity index (χ3n) is 14.2. The van der Waals surface area contributed by atoms with Gasteiger partial charge in [-0.25, -0.2) is 0 Å². The Kier molecular flexibility index (Phi) is 9.82. The van der Waals surface area contributed by atoms with Crippen molar-refractivity contribution >= 4 is 99.5 Å². The van der Waals surface area contributed by atoms with Crippen molar-refractivity contribution < 1.29 is 8.83 Å². The smallest absolute Gasteiger partial charge is 0.137 e. The lowest BCUT2D eigenvalue weighted by Gasteiger charge is -2.31. The number of hydrogen-bond acceptors (Lipinski definition) is 4. The van der Waals surface area contributed by atoms with Gasteiger partial charge in [0.25, 0.3) is 0 Å². The maximum Gasteiger partial charge on any atom is 0.137 e. The van der Waals surface area contributed by atoms with Crippen LogP contribution in [0.25, 0.3) is 98.8 Å². The number of nitrogens with zero attached hydrogens (tertiary/aromatic N) is 2. The van der Waals surface area contributed by atoms with E-state index in [9.17, 15) is 0 Å². The molecule has 0 saturated carbocycles. The van der Waals surface area contributed by atoms with Gasteiger partial charge in [-0.1, -0.05) is 182 Å². The molecule has 0 atom stereocenters. The Morgan fingerprint density at radius 2 is 0.681 bits per heavy atom. The Balaban J connectivity index is 1.00. The van der Waals surface area contributed by atoms with Gasteiger partial charge in [-0.2, -0.15) is 0 Å². The molecule has 0 fully saturated rings. The molecule has 338 valence electrons. The van der Waals surface area contributed by atoms with E-state index in [1.165, 1.54) is 27.5 Å². The van der Waals surface area contributed by atoms with Crippen LogP contribution in [0.1, 0.15) is 0 Å². The van der Waals surface area contributed by atoms with Crippen LogP contribution in [0.15, 0.2) is 276 Å². The number of fused-ring (bicyclic) bond motifs is 8. The molecule has 0 aliphatic carbocycles. The molecule has 0 spiro atoms. The first-order valence-electron chi connectivity index (χ1n) is 24.5. The highest BCUT2D eigenvalue weighted by Crippen LogP contribution is 2.51. The van der Waals surface area contributed by atoms with E-state index in [1.54, 1.807) is 0 Å². The molecule has 2 heterocycles. The zero-order valence-electron chi connectivity index (χ0n) is 39.1. The minimum absolute atomic E-state index is 0.834. The first-order chi connectivity index (χ1) is 35.7. The van der Waals surface area contributed by atoms with Gasteiger partial charge in [-0.3, -0.25) is 0 Å². The maximum atomic E-state index is 6.74. The zero-order chi connectivity index (χ0) is 47.5. The molecule has 0 aliphatic heterocycles. The highest BCUT2D eigenvalue weighted by Gasteiger charge is 2.26. The second-order valence-electron chi connectivity index (χ2n) is 18.4. The quantitative estimate of drug-likeness (QED) is 0.144. The molecule has 14 aromatic rings. The van der Waals surface area contributed by atoms with Gasteiger partial charge >= 0.3 is 0 Å². The third-order valence-corrected chi connectivity index (χ3v) is 14.2. The summed E-state index contributed by atoms with van der Waals surface area (Å²) >= 11 is 0. The average molecular weight is 921 g/mol. The number of hydrogen-bond donors (Lipinski definition) is 0. The average Bonchev–Trinajstić information content (AvgIpc) is 4.02. The Labute approximate surface area is 416 Å². The lowest BCUT2D eigenvalue weighted by Crippen LogP contribution is -2.14. The van der Waals surface area contributed by atoms with Crippen molar-refractivity contribution in [2.45, 2.75) is 0 Å². The second kappa shape index (κ2) is 17.1. The number of furan rings is 2. The molecule has 4 heteroatoms. The van der Waals surface area contributed by atoms with E-state index in [-0.39, 0.29) is 0 Å². The fourth-order valence-corrected chi connectivity index (χ4v) is 10.8. The summed E-state index contributed by atoms with van der Waals surface area (Å²) in [5, 5.41) is 8.89. The van der Waals surface area contributed by atoms with Crippen molar-refractivity contribution in [3.05, 3.63) is 267 Å². The van der Waals surface area contributed by atoms with Crippen molar-refractivity contribution in [1.29, 1.82) is 0 Å². The molecule has 72 heavy (non-hydrogen) atoms. The SMILES string of the molecule is c1ccc(-c2ccc(N(c3ccccc3-c3ccccc3N(c3ccc4cc(-c5ccccc5)ccc4c3)c3cccc4oc5ccccc5c34)c3cccc4oc5cc6ccccc6cc5c34)cc2)cc1. The number of para-hydroxylation sites is 3. The van der Waals surface area contributed by atoms with E-state index >= 15 is 0 Å². The normalized spacial score (nSPS) is 11.6. The van der Waals surface area contributed by atoms with Crippen LogP contribution in [0.4, 0.5) is 34.1 Å². The summed E-state index contributed by atoms with van der Waals surface area (Å²) in [6, 6.07) is 95.5. The minimum Gasteiger partial charge on any atom is -0.456 e. The topological polar surface area (TPSA) is 32.8 Å². The molecule has 0 N–H and O–H groups in total. The van der Waals surface area contributed by atoms with Crippen LogP contribution in [0.2, 0.25) is 0 Å². The van der Waals surface area contributed by atoms with E-state index in [4.69, 9.17) is 8.83 Å². The Morgan fingerprint density at radius 3 is 1.38 bits per heavy atom. The van der Waals surface area contributed by atoms with Gasteiger partial charge < -0.3 is 18.6 Å². The van der Waals surface area contributed by atoms with Gasteiger partial charge in [-0.05, 0) is 129 Å². The molecule has 0 radical (unpaired) electrons. The first kappa shape index (κ1) is 41.3. The molecular weight excluding hydrogens is 877 g/mol. The van der Waals surface area contributed by atoms with Crippen molar-refractivity contribution in [3.63, 3.8) is 0 Å². The Hall–Kier alpha value is -9.64. The molecule has 0 aliphatic rings. The lowest BCUT2D eigenvalue weighted by molar-refractivity contribution is 0.669. The molecule has 14 rings (SSSR count). The molecule has 12 aromatic carbocycles. The number of rotatable bonds is 9. The number of benzene rings is 12. The van der Waals surface area contributed by atoms with Crippen LogP contribution < -0.4 is 9.80 Å². The van der Waals surface area contributed by atoms with Crippen LogP contribution in [-0.2, 0) is 0 Å². The monoisotopic (exact) mass is 920 g/mol. The minimum atomic E-state index is 0.834. The summed E-state index contributed by atoms with van der Waals surface area (Å²) in [6.45, 7) is 0. The fraction of sp³-hybridized carbons (Fsp3) is 0. The molecule has 2 aromatic heterocycles. The number of anilines is 6. The second-order valence-corrected chi connectivity index (χ2v) is 18.4. The predicted molar refractivity (Wildman–Crippen MR) is 302 cm³/mol. The lowest BCUT2D eigenvalue weighted by atomic mass is 9.97. The Bertz CT molecular complexity index is 4340. The summed E-state index contributed by atoms with van der Waals surface area (Å²) in [4.78, 5) is 4.84. The molecule has 4 nitrogen and oxygen atoms in total. The predicted octanol–water partition coefficient (Wildman–Crippen LogP) is 19.7. The van der Waals surface area contributed by atoms with Gasteiger partial charge in [0.2, 0.25) is 0 Å². The van der Waals surface area contributed by atoms with E-state index in [1.807, 2.05) is 6.07 Å². The van der Waals surface area contributed by atoms with Crippen molar-refractivity contribution in [1.82, 2.24) is 0 Å². The van der Waals surface area contributed by atoms with E-state index in [0.29, 0.717) is 0 Å². The highest BCUT2D eigenvalue weighted by atomic mass is 16.3. The summed E-state index contributed by atoms with van der Waals surface area (Å²) in [7, 11) is 0. The summed E-state index contributed by atoms with van der Waals surface area (Å²) in [5.41, 5.74) is 16.4. The van der Waals surface area contributed by atoms with Gasteiger partial charge in [0, 0.05) is 33.3 Å². The van der Waals surface area contributed by atoms with Crippen molar-refractivity contribution in [3.8, 4) is 33.4 Å².